The Bertz CT molecular complexity index is 393. The molecule has 1 rings (SSSR count). The van der Waals surface area contributed by atoms with E-state index in [0.29, 0.717) is 11.5 Å². The highest BCUT2D eigenvalue weighted by Crippen LogP contribution is 2.13. The Labute approximate surface area is 98.0 Å². The lowest BCUT2D eigenvalue weighted by Crippen LogP contribution is -2.19. The minimum atomic E-state index is -0.932. The van der Waals surface area contributed by atoms with Gasteiger partial charge < -0.3 is 10.4 Å². The van der Waals surface area contributed by atoms with Crippen molar-refractivity contribution >= 4 is 23.6 Å². The highest BCUT2D eigenvalue weighted by atomic mass is 32.2. The van der Waals surface area contributed by atoms with Gasteiger partial charge in [0.15, 0.2) is 0 Å². The van der Waals surface area contributed by atoms with Crippen LogP contribution in [0.4, 0.5) is 0 Å². The Balaban J connectivity index is 2.51. The van der Waals surface area contributed by atoms with Gasteiger partial charge in [-0.1, -0.05) is 12.1 Å². The van der Waals surface area contributed by atoms with Crippen LogP contribution in [0.15, 0.2) is 24.3 Å². The number of rotatable bonds is 5. The van der Waals surface area contributed by atoms with Crippen LogP contribution in [-0.2, 0) is 10.5 Å². The number of nitrogens with one attached hydrogen (secondary N) is 1. The molecule has 0 radical (unpaired) electrons. The molecule has 4 nitrogen and oxygen atoms in total. The average Bonchev–Trinajstić information content (AvgIpc) is 2.29. The number of carboxylic acids is 1. The molecule has 1 amide bonds. The van der Waals surface area contributed by atoms with Crippen LogP contribution in [0.25, 0.3) is 0 Å². The summed E-state index contributed by atoms with van der Waals surface area (Å²) in [5.41, 5.74) is 1.19. The molecule has 0 aliphatic heterocycles. The first-order chi connectivity index (χ1) is 7.63. The molecule has 86 valence electrons. The lowest BCUT2D eigenvalue weighted by molar-refractivity contribution is -0.118. The molecule has 2 N–H and O–H groups in total. The zero-order valence-corrected chi connectivity index (χ0v) is 9.71. The molecule has 1 aromatic rings. The van der Waals surface area contributed by atoms with Crippen molar-refractivity contribution < 1.29 is 14.7 Å². The number of carbonyl (C=O) groups is 2. The van der Waals surface area contributed by atoms with E-state index in [1.807, 2.05) is 6.07 Å². The quantitative estimate of drug-likeness (QED) is 0.814. The normalized spacial score (nSPS) is 9.81. The fraction of sp³-hybridized carbons (Fsp3) is 0.273. The van der Waals surface area contributed by atoms with Crippen LogP contribution < -0.4 is 5.32 Å². The van der Waals surface area contributed by atoms with E-state index in [9.17, 15) is 9.59 Å². The molecule has 0 unspecified atom stereocenters. The van der Waals surface area contributed by atoms with E-state index in [-0.39, 0.29) is 11.5 Å². The summed E-state index contributed by atoms with van der Waals surface area (Å²) in [6.07, 6.45) is 0. The van der Waals surface area contributed by atoms with Crippen molar-refractivity contribution in [3.63, 3.8) is 0 Å². The van der Waals surface area contributed by atoms with Crippen molar-refractivity contribution in [1.82, 2.24) is 5.32 Å². The van der Waals surface area contributed by atoms with Crippen LogP contribution >= 0.6 is 11.8 Å². The van der Waals surface area contributed by atoms with Crippen molar-refractivity contribution in [1.29, 1.82) is 0 Å². The number of aromatic carboxylic acids is 1. The molecular formula is C11H13NO3S. The predicted octanol–water partition coefficient (Wildman–Crippen LogP) is 1.36. The SMILES string of the molecule is CNC(=O)CSCc1cccc(C(=O)O)c1. The van der Waals surface area contributed by atoms with Crippen LogP contribution in [0.2, 0.25) is 0 Å². The highest BCUT2D eigenvalue weighted by Gasteiger charge is 2.04. The summed E-state index contributed by atoms with van der Waals surface area (Å²) in [6, 6.07) is 6.73. The van der Waals surface area contributed by atoms with Gasteiger partial charge in [0, 0.05) is 12.8 Å². The first-order valence-electron chi connectivity index (χ1n) is 4.74. The molecule has 1 aromatic carbocycles. The van der Waals surface area contributed by atoms with Gasteiger partial charge in [-0.2, -0.15) is 0 Å². The molecule has 0 atom stereocenters. The van der Waals surface area contributed by atoms with Crippen molar-refractivity contribution in [2.24, 2.45) is 0 Å². The number of carboxylic acid groups (broad SMARTS) is 1. The van der Waals surface area contributed by atoms with Gasteiger partial charge in [0.1, 0.15) is 0 Å². The largest absolute Gasteiger partial charge is 0.478 e. The molecule has 0 aliphatic carbocycles. The van der Waals surface area contributed by atoms with Crippen molar-refractivity contribution in [2.45, 2.75) is 5.75 Å². The lowest BCUT2D eigenvalue weighted by Gasteiger charge is -2.02. The van der Waals surface area contributed by atoms with Crippen LogP contribution in [-0.4, -0.2) is 29.8 Å². The van der Waals surface area contributed by atoms with Crippen LogP contribution in [0.1, 0.15) is 15.9 Å². The first kappa shape index (κ1) is 12.6. The molecule has 0 saturated carbocycles. The topological polar surface area (TPSA) is 66.4 Å². The third kappa shape index (κ3) is 3.94. The molecule has 0 spiro atoms. The monoisotopic (exact) mass is 239 g/mol. The third-order valence-electron chi connectivity index (χ3n) is 1.95. The fourth-order valence-corrected chi connectivity index (χ4v) is 1.97. The summed E-state index contributed by atoms with van der Waals surface area (Å²) < 4.78 is 0. The second-order valence-electron chi connectivity index (χ2n) is 3.17. The summed E-state index contributed by atoms with van der Waals surface area (Å²) in [7, 11) is 1.59. The molecular weight excluding hydrogens is 226 g/mol. The van der Waals surface area contributed by atoms with E-state index in [2.05, 4.69) is 5.32 Å². The Morgan fingerprint density at radius 3 is 2.81 bits per heavy atom. The first-order valence-corrected chi connectivity index (χ1v) is 5.89. The van der Waals surface area contributed by atoms with Gasteiger partial charge in [-0.05, 0) is 17.7 Å². The van der Waals surface area contributed by atoms with Crippen LogP contribution in [0.5, 0.6) is 0 Å². The van der Waals surface area contributed by atoms with E-state index in [0.717, 1.165) is 5.56 Å². The van der Waals surface area contributed by atoms with Gasteiger partial charge in [0.05, 0.1) is 11.3 Å². The van der Waals surface area contributed by atoms with Crippen molar-refractivity contribution in [3.8, 4) is 0 Å². The molecule has 0 aliphatic rings. The second-order valence-corrected chi connectivity index (χ2v) is 4.16. The predicted molar refractivity (Wildman–Crippen MR) is 63.6 cm³/mol. The molecule has 0 aromatic heterocycles. The summed E-state index contributed by atoms with van der Waals surface area (Å²) in [4.78, 5) is 21.7. The van der Waals surface area contributed by atoms with Gasteiger partial charge in [-0.15, -0.1) is 11.8 Å². The number of amides is 1. The zero-order chi connectivity index (χ0) is 12.0. The summed E-state index contributed by atoms with van der Waals surface area (Å²) in [5, 5.41) is 11.3. The fourth-order valence-electron chi connectivity index (χ4n) is 1.13. The molecule has 0 bridgehead atoms. The second kappa shape index (κ2) is 6.17. The molecule has 0 fully saturated rings. The summed E-state index contributed by atoms with van der Waals surface area (Å²) in [5.74, 6) is 0.0556. The summed E-state index contributed by atoms with van der Waals surface area (Å²) in [6.45, 7) is 0. The maximum atomic E-state index is 11.0. The third-order valence-corrected chi connectivity index (χ3v) is 2.96. The average molecular weight is 239 g/mol. The number of carbonyl (C=O) groups excluding carboxylic acids is 1. The Morgan fingerprint density at radius 2 is 2.19 bits per heavy atom. The minimum absolute atomic E-state index is 0.0283. The van der Waals surface area contributed by atoms with Gasteiger partial charge in [-0.25, -0.2) is 4.79 Å². The van der Waals surface area contributed by atoms with Crippen molar-refractivity contribution in [2.75, 3.05) is 12.8 Å². The Hall–Kier alpha value is -1.49. The Morgan fingerprint density at radius 1 is 1.44 bits per heavy atom. The maximum absolute atomic E-state index is 11.0. The van der Waals surface area contributed by atoms with E-state index < -0.39 is 5.97 Å². The number of benzene rings is 1. The van der Waals surface area contributed by atoms with Crippen molar-refractivity contribution in [3.05, 3.63) is 35.4 Å². The maximum Gasteiger partial charge on any atom is 0.335 e. The van der Waals surface area contributed by atoms with Gasteiger partial charge >= 0.3 is 5.97 Å². The van der Waals surface area contributed by atoms with Crippen LogP contribution in [0.3, 0.4) is 0 Å². The summed E-state index contributed by atoms with van der Waals surface area (Å²) >= 11 is 1.45. The van der Waals surface area contributed by atoms with E-state index >= 15 is 0 Å². The smallest absolute Gasteiger partial charge is 0.335 e. The highest BCUT2D eigenvalue weighted by molar-refractivity contribution is 7.99. The lowest BCUT2D eigenvalue weighted by atomic mass is 10.1. The molecule has 5 heteroatoms. The zero-order valence-electron chi connectivity index (χ0n) is 8.90. The number of thioether (sulfide) groups is 1. The molecule has 16 heavy (non-hydrogen) atoms. The number of hydrogen-bond donors (Lipinski definition) is 2. The van der Waals surface area contributed by atoms with Crippen LogP contribution in [0, 0.1) is 0 Å². The van der Waals surface area contributed by atoms with E-state index in [1.54, 1.807) is 25.2 Å². The molecule has 0 saturated heterocycles. The minimum Gasteiger partial charge on any atom is -0.478 e. The van der Waals surface area contributed by atoms with E-state index in [4.69, 9.17) is 5.11 Å². The molecule has 0 heterocycles. The number of hydrogen-bond acceptors (Lipinski definition) is 3. The Kier molecular flexibility index (Phi) is 4.85. The van der Waals surface area contributed by atoms with E-state index in [1.165, 1.54) is 11.8 Å². The van der Waals surface area contributed by atoms with Gasteiger partial charge in [0.2, 0.25) is 5.91 Å². The van der Waals surface area contributed by atoms with Gasteiger partial charge in [-0.3, -0.25) is 4.79 Å². The standard InChI is InChI=1S/C11H13NO3S/c1-12-10(13)7-16-6-8-3-2-4-9(5-8)11(14)15/h2-5H,6-7H2,1H3,(H,12,13)(H,14,15). The van der Waals surface area contributed by atoms with Gasteiger partial charge in [0.25, 0.3) is 0 Å².